The third-order valence-electron chi connectivity index (χ3n) is 24.5. The van der Waals surface area contributed by atoms with E-state index in [-0.39, 0.29) is 0 Å². The minimum atomic E-state index is 0.947. The Morgan fingerprint density at radius 2 is 0.633 bits per heavy atom. The van der Waals surface area contributed by atoms with Crippen LogP contribution >= 0.6 is 0 Å². The molecule has 128 heavy (non-hydrogen) atoms. The fraction of sp³-hybridized carbons (Fsp3) is 0.102. The van der Waals surface area contributed by atoms with Crippen molar-refractivity contribution in [2.24, 2.45) is 0 Å². The molecule has 0 fully saturated rings. The predicted octanol–water partition coefficient (Wildman–Crippen LogP) is 30.1. The third kappa shape index (κ3) is 18.6. The van der Waals surface area contributed by atoms with Crippen LogP contribution in [-0.2, 0) is 0 Å². The molecule has 0 radical (unpaired) electrons. The molecule has 0 atom stereocenters. The fourth-order valence-electron chi connectivity index (χ4n) is 17.1. The van der Waals surface area contributed by atoms with E-state index in [2.05, 4.69) is 470 Å². The number of para-hydroxylation sites is 7. The van der Waals surface area contributed by atoms with Gasteiger partial charge in [-0.25, -0.2) is 0 Å². The van der Waals surface area contributed by atoms with Crippen LogP contribution < -0.4 is 0 Å². The summed E-state index contributed by atoms with van der Waals surface area (Å²) in [6.07, 6.45) is 15.5. The van der Waals surface area contributed by atoms with Gasteiger partial charge in [0.25, 0.3) is 0 Å². The molecular weight excluding hydrogens is 1560 g/mol. The topological polar surface area (TPSA) is 81.1 Å². The summed E-state index contributed by atoms with van der Waals surface area (Å²) in [5.74, 6) is 0. The summed E-state index contributed by atoms with van der Waals surface area (Å²) in [6.45, 7) is 26.1. The number of aromatic nitrogens is 10. The maximum absolute atomic E-state index is 4.63. The van der Waals surface area contributed by atoms with Gasteiger partial charge in [-0.2, -0.15) is 0 Å². The quantitative estimate of drug-likeness (QED) is 0.115. The van der Waals surface area contributed by atoms with Gasteiger partial charge in [-0.15, -0.1) is 0 Å². The molecule has 0 amide bonds. The number of nitrogens with zero attached hydrogens (tertiary/aromatic N) is 10. The molecule has 0 unspecified atom stereocenters. The number of hydrogen-bond donors (Lipinski definition) is 0. The van der Waals surface area contributed by atoms with E-state index < -0.39 is 0 Å². The molecule has 21 rings (SSSR count). The van der Waals surface area contributed by atoms with Crippen molar-refractivity contribution in [2.45, 2.75) is 83.1 Å². The van der Waals surface area contributed by atoms with Gasteiger partial charge >= 0.3 is 0 Å². The lowest BCUT2D eigenvalue weighted by Crippen LogP contribution is -2.00. The zero-order chi connectivity index (χ0) is 88.6. The molecule has 0 aliphatic heterocycles. The molecule has 21 aromatic rings. The lowest BCUT2D eigenvalue weighted by molar-refractivity contribution is 1.01. The Balaban J connectivity index is 0.000000113. The first-order valence-electron chi connectivity index (χ1n) is 43.7. The second-order valence-corrected chi connectivity index (χ2v) is 32.2. The normalized spacial score (nSPS) is 10.8. The highest BCUT2D eigenvalue weighted by molar-refractivity contribution is 5.98. The summed E-state index contributed by atoms with van der Waals surface area (Å²) in [5.41, 5.74) is 40.5. The molecule has 10 aromatic heterocycles. The van der Waals surface area contributed by atoms with Gasteiger partial charge in [0.1, 0.15) is 0 Å². The van der Waals surface area contributed by atoms with Crippen molar-refractivity contribution in [2.75, 3.05) is 0 Å². The number of hydrogen-bond acceptors (Lipinski definition) is 4. The van der Waals surface area contributed by atoms with Gasteiger partial charge in [0.15, 0.2) is 0 Å². The Bertz CT molecular complexity index is 7090. The first kappa shape index (κ1) is 85.8. The number of pyridine rings is 4. The molecule has 0 saturated heterocycles. The van der Waals surface area contributed by atoms with Crippen LogP contribution in [0.25, 0.3) is 134 Å². The largest absolute Gasteiger partial charge is 0.320 e. The molecule has 628 valence electrons. The molecule has 0 saturated carbocycles. The van der Waals surface area contributed by atoms with E-state index in [9.17, 15) is 0 Å². The van der Waals surface area contributed by atoms with Gasteiger partial charge in [-0.3, -0.25) is 19.9 Å². The molecule has 10 heteroatoms. The number of fused-ring (bicyclic) bond motifs is 2. The summed E-state index contributed by atoms with van der Waals surface area (Å²) in [7, 11) is 0. The molecule has 11 aromatic carbocycles. The molecule has 10 heterocycles. The van der Waals surface area contributed by atoms with Crippen LogP contribution in [0, 0.1) is 83.1 Å². The first-order chi connectivity index (χ1) is 62.6. The lowest BCUT2D eigenvalue weighted by Gasteiger charge is -2.13. The van der Waals surface area contributed by atoms with Crippen molar-refractivity contribution in [1.82, 2.24) is 47.3 Å². The highest BCUT2D eigenvalue weighted by Crippen LogP contribution is 2.41. The van der Waals surface area contributed by atoms with E-state index in [1.165, 1.54) is 168 Å². The smallest absolute Gasteiger partial charge is 0.0877 e. The van der Waals surface area contributed by atoms with Gasteiger partial charge in [0, 0.05) is 146 Å². The molecule has 0 aliphatic rings. The van der Waals surface area contributed by atoms with Crippen molar-refractivity contribution in [1.29, 1.82) is 0 Å². The van der Waals surface area contributed by atoms with Crippen LogP contribution in [0.5, 0.6) is 0 Å². The van der Waals surface area contributed by atoms with E-state index in [1.54, 1.807) is 6.20 Å². The maximum atomic E-state index is 4.63. The highest BCUT2D eigenvalue weighted by Gasteiger charge is 2.24. The monoisotopic (exact) mass is 1660 g/mol. The number of benzene rings is 11. The van der Waals surface area contributed by atoms with Gasteiger partial charge in [0.05, 0.1) is 34.0 Å². The number of aryl methyl sites for hydroxylation is 3. The highest BCUT2D eigenvalue weighted by atomic mass is 15.0. The van der Waals surface area contributed by atoms with Gasteiger partial charge < -0.3 is 27.4 Å². The Hall–Kier alpha value is -15.8. The SMILES string of the molecule is Cc1c(-c2cccc3ccccc23)cn(-c2ccccc2)c1C.Cc1c(-c2ccccn2)c(-c2ccccn2)n(-c2ccccc2)c1C.Cc1c(-c2ccncc2)cn(-c2ccccc2)c1C.Cc1c(C)n(-c2ccccc2)c2ccccc12.Cc1cc(-c2ccc(-c3ccccc3)cc2)n(-c2ccccc2)c1C.Cc1cc(-c2cccnc2)n(-c2ccccc2)c1C. The van der Waals surface area contributed by atoms with Crippen molar-refractivity contribution in [3.05, 3.63) is 493 Å². The molecule has 0 spiro atoms. The maximum Gasteiger partial charge on any atom is 0.0877 e. The lowest BCUT2D eigenvalue weighted by atomic mass is 9.97. The summed E-state index contributed by atoms with van der Waals surface area (Å²) in [4.78, 5) is 17.5. The van der Waals surface area contributed by atoms with Crippen LogP contribution in [0.2, 0.25) is 0 Å². The molecule has 0 N–H and O–H groups in total. The van der Waals surface area contributed by atoms with E-state index in [0.29, 0.717) is 0 Å². The van der Waals surface area contributed by atoms with Crippen LogP contribution in [0.4, 0.5) is 0 Å². The van der Waals surface area contributed by atoms with Gasteiger partial charge in [-0.1, -0.05) is 237 Å². The van der Waals surface area contributed by atoms with Crippen molar-refractivity contribution in [3.63, 3.8) is 0 Å². The second kappa shape index (κ2) is 39.8. The van der Waals surface area contributed by atoms with Crippen LogP contribution in [0.3, 0.4) is 0 Å². The Morgan fingerprint density at radius 1 is 0.227 bits per heavy atom. The zero-order valence-electron chi connectivity index (χ0n) is 74.9. The Kier molecular flexibility index (Phi) is 26.7. The molecule has 0 bridgehead atoms. The van der Waals surface area contributed by atoms with Gasteiger partial charge in [-0.05, 0) is 295 Å². The Labute approximate surface area is 753 Å². The zero-order valence-corrected chi connectivity index (χ0v) is 74.9. The average molecular weight is 1660 g/mol. The van der Waals surface area contributed by atoms with Crippen molar-refractivity contribution >= 4 is 21.7 Å². The summed E-state index contributed by atoms with van der Waals surface area (Å²) in [5, 5.41) is 3.94. The third-order valence-corrected chi connectivity index (χ3v) is 24.5. The van der Waals surface area contributed by atoms with Crippen LogP contribution in [-0.4, -0.2) is 47.3 Å². The summed E-state index contributed by atoms with van der Waals surface area (Å²) >= 11 is 0. The second-order valence-electron chi connectivity index (χ2n) is 32.2. The molecular formula is C118H106N10. The van der Waals surface area contributed by atoms with Crippen molar-refractivity contribution < 1.29 is 0 Å². The summed E-state index contributed by atoms with van der Waals surface area (Å²) < 4.78 is 13.8. The predicted molar refractivity (Wildman–Crippen MR) is 536 cm³/mol. The van der Waals surface area contributed by atoms with E-state index >= 15 is 0 Å². The molecule has 0 aliphatic carbocycles. The van der Waals surface area contributed by atoms with E-state index in [4.69, 9.17) is 0 Å². The minimum absolute atomic E-state index is 0.947. The minimum Gasteiger partial charge on any atom is -0.320 e. The summed E-state index contributed by atoms with van der Waals surface area (Å²) in [6, 6.07) is 131. The standard InChI is InChI=1S/C24H21N.C22H19N3.C22H19N.2C17H16N2.C16H15N/c1-18-17-24(25(19(18)2)23-11-7-4-8-12-23)22-15-13-21(14-16-22)20-9-5-3-6-10-20;1-16-17(2)25(18-10-4-3-5-11-18)22(20-13-7-9-15-24-20)21(16)19-12-6-8-14-23-19;1-16-17(2)23(19-11-4-3-5-12-19)15-22(16)21-14-8-10-18-9-6-7-13-20(18)21;1-13-11-17(15-7-6-10-18-12-15)19(14(13)2)16-8-4-3-5-9-16;1-13-14(2)19(16-6-4-3-5-7-16)12-17(13)15-8-10-18-11-9-15;1-12-13(2)17(14-8-4-3-5-9-14)16-11-7-6-10-15(12)16/h3-17H,1-2H3;3-15H,1-2H3;3-15H,1-2H3;2*3-12H,1-2H3;3-11H,1-2H3. The first-order valence-corrected chi connectivity index (χ1v) is 43.7. The van der Waals surface area contributed by atoms with E-state index in [0.717, 1.165) is 33.9 Å². The van der Waals surface area contributed by atoms with E-state index in [1.807, 2.05) is 79.5 Å². The van der Waals surface area contributed by atoms with Crippen LogP contribution in [0.15, 0.2) is 426 Å². The van der Waals surface area contributed by atoms with Crippen LogP contribution in [0.1, 0.15) is 67.5 Å². The average Bonchev–Trinajstić information content (AvgIpc) is 1.60. The fourth-order valence-corrected chi connectivity index (χ4v) is 17.1. The van der Waals surface area contributed by atoms with Crippen molar-refractivity contribution in [3.8, 4) is 113 Å². The van der Waals surface area contributed by atoms with Gasteiger partial charge in [0.2, 0.25) is 0 Å². The molecule has 10 nitrogen and oxygen atoms in total. The Morgan fingerprint density at radius 3 is 1.15 bits per heavy atom. The number of rotatable bonds is 13.